The number of hydrogen-bond acceptors (Lipinski definition) is 8. The minimum absolute atomic E-state index is 0.185. The molecule has 0 fully saturated rings. The van der Waals surface area contributed by atoms with E-state index in [-0.39, 0.29) is 5.76 Å². The lowest BCUT2D eigenvalue weighted by molar-refractivity contribution is 0.0996. The Bertz CT molecular complexity index is 1220. The Hall–Kier alpha value is -4.53. The molecule has 0 unspecified atom stereocenters. The normalized spacial score (nSPS) is 10.4. The highest BCUT2D eigenvalue weighted by atomic mass is 16.5. The van der Waals surface area contributed by atoms with Gasteiger partial charge in [-0.1, -0.05) is 0 Å². The van der Waals surface area contributed by atoms with Crippen LogP contribution in [0.5, 0.6) is 11.5 Å². The van der Waals surface area contributed by atoms with Crippen LogP contribution in [0.1, 0.15) is 16.2 Å². The smallest absolute Gasteiger partial charge is 0.291 e. The van der Waals surface area contributed by atoms with Crippen molar-refractivity contribution >= 4 is 34.7 Å². The number of benzene rings is 2. The summed E-state index contributed by atoms with van der Waals surface area (Å²) in [4.78, 5) is 21.7. The van der Waals surface area contributed by atoms with Gasteiger partial charge < -0.3 is 29.8 Å². The second-order valence-corrected chi connectivity index (χ2v) is 6.99. The van der Waals surface area contributed by atoms with Gasteiger partial charge in [-0.3, -0.25) is 4.79 Å². The van der Waals surface area contributed by atoms with Crippen LogP contribution < -0.4 is 25.4 Å². The van der Waals surface area contributed by atoms with Crippen LogP contribution in [0.15, 0.2) is 71.3 Å². The second kappa shape index (κ2) is 9.73. The van der Waals surface area contributed by atoms with Crippen LogP contribution in [0.4, 0.5) is 28.8 Å². The van der Waals surface area contributed by atoms with E-state index >= 15 is 0 Å². The Labute approximate surface area is 190 Å². The van der Waals surface area contributed by atoms with Gasteiger partial charge in [0.05, 0.1) is 26.2 Å². The van der Waals surface area contributed by atoms with Gasteiger partial charge in [-0.15, -0.1) is 0 Å². The first-order chi connectivity index (χ1) is 16.1. The number of methoxy groups -OCH3 is 2. The molecule has 2 aromatic heterocycles. The summed E-state index contributed by atoms with van der Waals surface area (Å²) in [5.74, 6) is 2.04. The molecule has 168 valence electrons. The van der Waals surface area contributed by atoms with E-state index in [1.165, 1.54) is 6.26 Å². The van der Waals surface area contributed by atoms with Gasteiger partial charge in [0.1, 0.15) is 17.2 Å². The summed E-state index contributed by atoms with van der Waals surface area (Å²) in [6, 6.07) is 18.0. The third-order valence-corrected chi connectivity index (χ3v) is 4.77. The van der Waals surface area contributed by atoms with Crippen LogP contribution in [0, 0.1) is 6.92 Å². The fourth-order valence-corrected chi connectivity index (χ4v) is 3.07. The highest BCUT2D eigenvalue weighted by molar-refractivity contribution is 6.04. The summed E-state index contributed by atoms with van der Waals surface area (Å²) in [6.45, 7) is 1.79. The molecule has 0 aliphatic heterocycles. The third kappa shape index (κ3) is 5.21. The number of furan rings is 1. The largest absolute Gasteiger partial charge is 0.497 e. The number of nitrogens with one attached hydrogen (secondary N) is 3. The monoisotopic (exact) mass is 445 g/mol. The molecule has 0 saturated heterocycles. The zero-order valence-electron chi connectivity index (χ0n) is 18.4. The Balaban J connectivity index is 1.66. The molecule has 0 aliphatic rings. The molecule has 4 aromatic rings. The van der Waals surface area contributed by atoms with Crippen LogP contribution in [0.25, 0.3) is 0 Å². The van der Waals surface area contributed by atoms with Crippen molar-refractivity contribution in [2.24, 2.45) is 0 Å². The fourth-order valence-electron chi connectivity index (χ4n) is 3.07. The van der Waals surface area contributed by atoms with E-state index in [4.69, 9.17) is 13.9 Å². The van der Waals surface area contributed by atoms with Crippen molar-refractivity contribution in [3.8, 4) is 11.5 Å². The number of hydrogen-bond donors (Lipinski definition) is 3. The highest BCUT2D eigenvalue weighted by Crippen LogP contribution is 2.30. The summed E-state index contributed by atoms with van der Waals surface area (Å²) < 4.78 is 15.6. The molecule has 2 aromatic carbocycles. The second-order valence-electron chi connectivity index (χ2n) is 6.99. The number of nitrogens with zero attached hydrogens (tertiary/aromatic N) is 2. The molecule has 9 nitrogen and oxygen atoms in total. The van der Waals surface area contributed by atoms with Gasteiger partial charge in [-0.25, -0.2) is 4.98 Å². The van der Waals surface area contributed by atoms with Gasteiger partial charge in [0, 0.05) is 11.4 Å². The van der Waals surface area contributed by atoms with Crippen molar-refractivity contribution in [2.75, 3.05) is 30.2 Å². The maximum atomic E-state index is 12.6. The number of anilines is 5. The van der Waals surface area contributed by atoms with Crippen LogP contribution in [-0.2, 0) is 0 Å². The number of carbonyl (C=O) groups is 1. The first kappa shape index (κ1) is 21.7. The molecule has 33 heavy (non-hydrogen) atoms. The molecule has 9 heteroatoms. The first-order valence-electron chi connectivity index (χ1n) is 10.1. The Morgan fingerprint density at radius 2 is 1.45 bits per heavy atom. The fraction of sp³-hybridized carbons (Fsp3) is 0.125. The lowest BCUT2D eigenvalue weighted by Crippen LogP contribution is -2.15. The predicted octanol–water partition coefficient (Wildman–Crippen LogP) is 5.13. The molecule has 0 atom stereocenters. The molecule has 0 spiro atoms. The topological polar surface area (TPSA) is 111 Å². The van der Waals surface area contributed by atoms with Gasteiger partial charge in [-0.05, 0) is 67.6 Å². The highest BCUT2D eigenvalue weighted by Gasteiger charge is 2.17. The zero-order chi connectivity index (χ0) is 23.2. The van der Waals surface area contributed by atoms with E-state index in [0.717, 1.165) is 22.9 Å². The molecule has 1 amide bonds. The lowest BCUT2D eigenvalue weighted by atomic mass is 10.2. The molecule has 0 aliphatic carbocycles. The predicted molar refractivity (Wildman–Crippen MR) is 126 cm³/mol. The quantitative estimate of drug-likeness (QED) is 0.342. The first-order valence-corrected chi connectivity index (χ1v) is 10.1. The Morgan fingerprint density at radius 1 is 0.848 bits per heavy atom. The van der Waals surface area contributed by atoms with Gasteiger partial charge in [-0.2, -0.15) is 4.98 Å². The van der Waals surface area contributed by atoms with Crippen molar-refractivity contribution in [3.05, 3.63) is 78.4 Å². The summed E-state index contributed by atoms with van der Waals surface area (Å²) >= 11 is 0. The molecular weight excluding hydrogens is 422 g/mol. The lowest BCUT2D eigenvalue weighted by Gasteiger charge is -2.16. The number of carbonyl (C=O) groups excluding carboxylic acids is 1. The average molecular weight is 445 g/mol. The van der Waals surface area contributed by atoms with E-state index in [0.29, 0.717) is 23.1 Å². The summed E-state index contributed by atoms with van der Waals surface area (Å²) in [7, 11) is 3.22. The zero-order valence-corrected chi connectivity index (χ0v) is 18.4. The molecule has 3 N–H and O–H groups in total. The van der Waals surface area contributed by atoms with Crippen molar-refractivity contribution in [1.29, 1.82) is 0 Å². The van der Waals surface area contributed by atoms with E-state index in [2.05, 4.69) is 25.9 Å². The van der Waals surface area contributed by atoms with Gasteiger partial charge in [0.15, 0.2) is 11.6 Å². The maximum absolute atomic E-state index is 12.6. The molecular formula is C24H23N5O4. The third-order valence-electron chi connectivity index (χ3n) is 4.77. The molecule has 0 saturated carbocycles. The SMILES string of the molecule is COc1ccc(Nc2nc(C)c(NC(=O)c3ccco3)c(Nc3ccc(OC)cc3)n2)cc1. The molecule has 0 radical (unpaired) electrons. The van der Waals surface area contributed by atoms with Crippen LogP contribution in [0.3, 0.4) is 0 Å². The van der Waals surface area contributed by atoms with E-state index in [1.54, 1.807) is 33.3 Å². The number of amides is 1. The number of aromatic nitrogens is 2. The van der Waals surface area contributed by atoms with Crippen molar-refractivity contribution in [3.63, 3.8) is 0 Å². The molecule has 2 heterocycles. The number of ether oxygens (including phenoxy) is 2. The van der Waals surface area contributed by atoms with Crippen molar-refractivity contribution in [1.82, 2.24) is 9.97 Å². The Kier molecular flexibility index (Phi) is 6.40. The summed E-state index contributed by atoms with van der Waals surface area (Å²) in [5.41, 5.74) is 2.56. The average Bonchev–Trinajstić information content (AvgIpc) is 3.37. The summed E-state index contributed by atoms with van der Waals surface area (Å²) in [5, 5.41) is 9.27. The molecule has 0 bridgehead atoms. The van der Waals surface area contributed by atoms with Gasteiger partial charge in [0.25, 0.3) is 5.91 Å². The summed E-state index contributed by atoms with van der Waals surface area (Å²) in [6.07, 6.45) is 1.44. The van der Waals surface area contributed by atoms with Crippen LogP contribution >= 0.6 is 0 Å². The van der Waals surface area contributed by atoms with Gasteiger partial charge >= 0.3 is 0 Å². The van der Waals surface area contributed by atoms with E-state index in [1.807, 2.05) is 48.5 Å². The van der Waals surface area contributed by atoms with E-state index in [9.17, 15) is 4.79 Å². The maximum Gasteiger partial charge on any atom is 0.291 e. The van der Waals surface area contributed by atoms with Crippen LogP contribution in [0.2, 0.25) is 0 Å². The molecule has 4 rings (SSSR count). The van der Waals surface area contributed by atoms with Crippen molar-refractivity contribution in [2.45, 2.75) is 6.92 Å². The number of aryl methyl sites for hydroxylation is 1. The Morgan fingerprint density at radius 3 is 2.00 bits per heavy atom. The van der Waals surface area contributed by atoms with E-state index < -0.39 is 5.91 Å². The van der Waals surface area contributed by atoms with Gasteiger partial charge in [0.2, 0.25) is 5.95 Å². The minimum atomic E-state index is -0.402. The minimum Gasteiger partial charge on any atom is -0.497 e. The van der Waals surface area contributed by atoms with Crippen LogP contribution in [-0.4, -0.2) is 30.1 Å². The van der Waals surface area contributed by atoms with Crippen molar-refractivity contribution < 1.29 is 18.7 Å². The standard InChI is InChI=1S/C24H23N5O4/c1-15-21(28-23(30)20-5-4-14-33-20)22(26-16-6-10-18(31-2)11-7-16)29-24(25-15)27-17-8-12-19(32-3)13-9-17/h4-14H,1-3H3,(H,28,30)(H2,25,26,27,29). The number of rotatable bonds is 8.